The Morgan fingerprint density at radius 1 is 1.20 bits per heavy atom. The summed E-state index contributed by atoms with van der Waals surface area (Å²) in [5.41, 5.74) is 0.572. The molecule has 0 N–H and O–H groups in total. The lowest BCUT2D eigenvalue weighted by Gasteiger charge is -2.51. The topological polar surface area (TPSA) is 0 Å². The molecule has 2 atom stereocenters. The monoisotopic (exact) mass is 224 g/mol. The van der Waals surface area contributed by atoms with Gasteiger partial charge < -0.3 is 0 Å². The molecule has 1 heterocycles. The van der Waals surface area contributed by atoms with E-state index < -0.39 is 0 Å². The van der Waals surface area contributed by atoms with Crippen molar-refractivity contribution >= 4 is 11.8 Å². The maximum absolute atomic E-state index is 2.51. The molecular weight excluding hydrogens is 200 g/mol. The summed E-state index contributed by atoms with van der Waals surface area (Å²) in [4.78, 5) is 0. The van der Waals surface area contributed by atoms with Crippen molar-refractivity contribution in [3.8, 4) is 0 Å². The zero-order valence-corrected chi connectivity index (χ0v) is 11.3. The molecule has 15 heavy (non-hydrogen) atoms. The van der Waals surface area contributed by atoms with Crippen molar-refractivity contribution < 1.29 is 0 Å². The molecule has 1 aliphatic carbocycles. The van der Waals surface area contributed by atoms with Gasteiger partial charge in [0.2, 0.25) is 0 Å². The molecule has 0 aromatic carbocycles. The average molecular weight is 224 g/mol. The fraction of sp³-hybridized carbons (Fsp3) is 0.857. The van der Waals surface area contributed by atoms with Crippen molar-refractivity contribution in [3.63, 3.8) is 0 Å². The first kappa shape index (κ1) is 11.6. The summed E-state index contributed by atoms with van der Waals surface area (Å²) in [7, 11) is 0. The van der Waals surface area contributed by atoms with E-state index >= 15 is 0 Å². The van der Waals surface area contributed by atoms with E-state index in [1.165, 1.54) is 19.3 Å². The third-order valence-electron chi connectivity index (χ3n) is 4.81. The van der Waals surface area contributed by atoms with Crippen LogP contribution in [0.25, 0.3) is 0 Å². The van der Waals surface area contributed by atoms with Crippen LogP contribution in [-0.4, -0.2) is 5.25 Å². The third-order valence-corrected chi connectivity index (χ3v) is 6.00. The lowest BCUT2D eigenvalue weighted by molar-refractivity contribution is 0.0206. The van der Waals surface area contributed by atoms with Gasteiger partial charge in [-0.15, -0.1) is 11.8 Å². The van der Waals surface area contributed by atoms with Gasteiger partial charge in [0.05, 0.1) is 0 Å². The van der Waals surface area contributed by atoms with E-state index in [2.05, 4.69) is 50.9 Å². The molecule has 2 aliphatic rings. The number of thioether (sulfide) groups is 1. The number of rotatable bonds is 2. The van der Waals surface area contributed by atoms with Gasteiger partial charge in [0.25, 0.3) is 0 Å². The molecule has 0 saturated heterocycles. The fourth-order valence-electron chi connectivity index (χ4n) is 4.00. The lowest BCUT2D eigenvalue weighted by atomic mass is 9.55. The zero-order valence-electron chi connectivity index (χ0n) is 10.5. The van der Waals surface area contributed by atoms with Gasteiger partial charge in [-0.05, 0) is 41.4 Å². The van der Waals surface area contributed by atoms with Gasteiger partial charge in [-0.1, -0.05) is 40.2 Å². The van der Waals surface area contributed by atoms with Crippen LogP contribution in [0, 0.1) is 23.2 Å². The second-order valence-electron chi connectivity index (χ2n) is 5.84. The molecule has 2 rings (SSSR count). The summed E-state index contributed by atoms with van der Waals surface area (Å²) in [5.74, 6) is 2.47. The molecule has 0 amide bonds. The first-order chi connectivity index (χ1) is 7.09. The van der Waals surface area contributed by atoms with Crippen molar-refractivity contribution in [1.82, 2.24) is 0 Å². The van der Waals surface area contributed by atoms with Crippen molar-refractivity contribution in [2.75, 3.05) is 0 Å². The highest BCUT2D eigenvalue weighted by Gasteiger charge is 2.49. The Bertz CT molecular complexity index is 244. The van der Waals surface area contributed by atoms with Crippen LogP contribution < -0.4 is 0 Å². The summed E-state index contributed by atoms with van der Waals surface area (Å²) in [5, 5.41) is 3.25. The molecule has 0 aromatic rings. The Morgan fingerprint density at radius 2 is 1.87 bits per heavy atom. The van der Waals surface area contributed by atoms with E-state index in [-0.39, 0.29) is 0 Å². The molecule has 1 heteroatoms. The largest absolute Gasteiger partial charge is 0.130 e. The van der Waals surface area contributed by atoms with Crippen LogP contribution >= 0.6 is 11.8 Å². The van der Waals surface area contributed by atoms with E-state index in [0.29, 0.717) is 5.41 Å². The highest BCUT2D eigenvalue weighted by molar-refractivity contribution is 8.03. The van der Waals surface area contributed by atoms with Crippen LogP contribution in [0.1, 0.15) is 47.0 Å². The predicted octanol–water partition coefficient (Wildman–Crippen LogP) is 4.71. The first-order valence-corrected chi connectivity index (χ1v) is 7.35. The van der Waals surface area contributed by atoms with Crippen molar-refractivity contribution in [2.24, 2.45) is 23.2 Å². The minimum Gasteiger partial charge on any atom is -0.130 e. The van der Waals surface area contributed by atoms with Gasteiger partial charge in [0.15, 0.2) is 0 Å². The summed E-state index contributed by atoms with van der Waals surface area (Å²) >= 11 is 2.08. The normalized spacial score (nSPS) is 33.7. The minimum absolute atomic E-state index is 0.572. The fourth-order valence-corrected chi connectivity index (χ4v) is 5.28. The van der Waals surface area contributed by atoms with Crippen LogP contribution in [0.15, 0.2) is 11.5 Å². The third kappa shape index (κ3) is 1.67. The van der Waals surface area contributed by atoms with Gasteiger partial charge in [0.1, 0.15) is 0 Å². The van der Waals surface area contributed by atoms with Gasteiger partial charge >= 0.3 is 0 Å². The minimum atomic E-state index is 0.572. The molecule has 0 aromatic heterocycles. The molecule has 1 saturated carbocycles. The van der Waals surface area contributed by atoms with Crippen LogP contribution in [0.5, 0.6) is 0 Å². The molecule has 86 valence electrons. The zero-order chi connectivity index (χ0) is 11.1. The molecule has 1 fully saturated rings. The molecule has 0 spiro atoms. The summed E-state index contributed by atoms with van der Waals surface area (Å²) < 4.78 is 0. The van der Waals surface area contributed by atoms with Gasteiger partial charge in [-0.25, -0.2) is 0 Å². The molecule has 0 nitrogen and oxygen atoms in total. The predicted molar refractivity (Wildman–Crippen MR) is 70.0 cm³/mol. The van der Waals surface area contributed by atoms with Crippen LogP contribution in [0.2, 0.25) is 0 Å². The van der Waals surface area contributed by atoms with Crippen LogP contribution in [0.4, 0.5) is 0 Å². The second-order valence-corrected chi connectivity index (χ2v) is 6.99. The highest BCUT2D eigenvalue weighted by atomic mass is 32.2. The summed E-state index contributed by atoms with van der Waals surface area (Å²) in [6, 6.07) is 0. The maximum atomic E-state index is 2.51. The molecule has 0 bridgehead atoms. The average Bonchev–Trinajstić information content (AvgIpc) is 2.63. The molecular formula is C14H24S. The maximum Gasteiger partial charge on any atom is 0.0157 e. The highest BCUT2D eigenvalue weighted by Crippen LogP contribution is 2.57. The smallest absolute Gasteiger partial charge is 0.0157 e. The Kier molecular flexibility index (Phi) is 3.21. The summed E-state index contributed by atoms with van der Waals surface area (Å²) in [6.07, 6.45) is 6.82. The van der Waals surface area contributed by atoms with Crippen molar-refractivity contribution in [3.05, 3.63) is 11.5 Å². The number of allylic oxidation sites excluding steroid dienone is 1. The summed E-state index contributed by atoms with van der Waals surface area (Å²) in [6.45, 7) is 9.72. The van der Waals surface area contributed by atoms with E-state index in [4.69, 9.17) is 0 Å². The molecule has 1 aliphatic heterocycles. The van der Waals surface area contributed by atoms with E-state index in [1.807, 2.05) is 0 Å². The van der Waals surface area contributed by atoms with Crippen molar-refractivity contribution in [2.45, 2.75) is 52.2 Å². The van der Waals surface area contributed by atoms with Crippen LogP contribution in [0.3, 0.4) is 0 Å². The Balaban J connectivity index is 2.32. The van der Waals surface area contributed by atoms with Crippen LogP contribution in [-0.2, 0) is 0 Å². The van der Waals surface area contributed by atoms with Gasteiger partial charge in [0, 0.05) is 5.25 Å². The standard InChI is InChI=1S/C14H24S/c1-10(2)14(11(3)4)8-5-6-13-12(14)7-9-15-13/h7,9-13H,5-6,8H2,1-4H3. The molecule has 2 unspecified atom stereocenters. The lowest BCUT2D eigenvalue weighted by Crippen LogP contribution is -2.45. The van der Waals surface area contributed by atoms with E-state index in [9.17, 15) is 0 Å². The molecule has 0 radical (unpaired) electrons. The van der Waals surface area contributed by atoms with E-state index in [0.717, 1.165) is 23.0 Å². The Morgan fingerprint density at radius 3 is 2.47 bits per heavy atom. The van der Waals surface area contributed by atoms with Gasteiger partial charge in [-0.2, -0.15) is 0 Å². The Hall–Kier alpha value is 0.0900. The number of hydrogen-bond acceptors (Lipinski definition) is 1. The van der Waals surface area contributed by atoms with E-state index in [1.54, 1.807) is 0 Å². The SMILES string of the molecule is CC(C)C1(C(C)C)CCCC2SC=CC21. The van der Waals surface area contributed by atoms with Gasteiger partial charge in [-0.3, -0.25) is 0 Å². The Labute approximate surface area is 98.9 Å². The second kappa shape index (κ2) is 4.16. The first-order valence-electron chi connectivity index (χ1n) is 6.41. The number of fused-ring (bicyclic) bond motifs is 1. The number of hydrogen-bond donors (Lipinski definition) is 0. The van der Waals surface area contributed by atoms with Crippen molar-refractivity contribution in [1.29, 1.82) is 0 Å². The quantitative estimate of drug-likeness (QED) is 0.654.